The zero-order chi connectivity index (χ0) is 8.55. The minimum Gasteiger partial charge on any atom is -0.331 e. The highest BCUT2D eigenvalue weighted by atomic mass is 15.1. The predicted octanol–water partition coefficient (Wildman–Crippen LogP) is 1.11. The second kappa shape index (κ2) is 2.90. The van der Waals surface area contributed by atoms with E-state index in [-0.39, 0.29) is 0 Å². The van der Waals surface area contributed by atoms with Crippen molar-refractivity contribution in [2.24, 2.45) is 5.73 Å². The molecule has 1 saturated carbocycles. The molecule has 12 heavy (non-hydrogen) atoms. The van der Waals surface area contributed by atoms with Crippen molar-refractivity contribution < 1.29 is 0 Å². The van der Waals surface area contributed by atoms with Gasteiger partial charge in [-0.3, -0.25) is 0 Å². The van der Waals surface area contributed by atoms with Gasteiger partial charge >= 0.3 is 0 Å². The molecular weight excluding hydrogens is 150 g/mol. The third-order valence-corrected chi connectivity index (χ3v) is 2.65. The Morgan fingerprint density at radius 1 is 1.67 bits per heavy atom. The average Bonchev–Trinajstić information content (AvgIpc) is 2.45. The quantitative estimate of drug-likeness (QED) is 0.713. The zero-order valence-corrected chi connectivity index (χ0v) is 7.40. The van der Waals surface area contributed by atoms with Crippen molar-refractivity contribution in [3.05, 3.63) is 18.2 Å². The van der Waals surface area contributed by atoms with Crippen molar-refractivity contribution in [1.29, 1.82) is 0 Å². The van der Waals surface area contributed by atoms with E-state index in [0.29, 0.717) is 12.1 Å². The van der Waals surface area contributed by atoms with E-state index in [0.717, 1.165) is 19.3 Å². The van der Waals surface area contributed by atoms with Crippen LogP contribution in [0.2, 0.25) is 0 Å². The first-order chi connectivity index (χ1) is 5.81. The number of nitrogens with two attached hydrogens (primary N) is 1. The van der Waals surface area contributed by atoms with Gasteiger partial charge in [0.15, 0.2) is 0 Å². The Hall–Kier alpha value is -0.830. The first-order valence-electron chi connectivity index (χ1n) is 4.57. The average molecular weight is 165 g/mol. The van der Waals surface area contributed by atoms with E-state index in [9.17, 15) is 0 Å². The fourth-order valence-corrected chi connectivity index (χ4v) is 1.79. The molecule has 0 bridgehead atoms. The van der Waals surface area contributed by atoms with Crippen LogP contribution in [0.3, 0.4) is 0 Å². The van der Waals surface area contributed by atoms with Crippen LogP contribution in [0.4, 0.5) is 0 Å². The van der Waals surface area contributed by atoms with E-state index >= 15 is 0 Å². The summed E-state index contributed by atoms with van der Waals surface area (Å²) >= 11 is 0. The summed E-state index contributed by atoms with van der Waals surface area (Å²) in [6.45, 7) is 2.16. The molecule has 66 valence electrons. The van der Waals surface area contributed by atoms with E-state index in [1.807, 2.05) is 12.5 Å². The molecule has 0 aliphatic heterocycles. The molecule has 2 N–H and O–H groups in total. The molecule has 1 heterocycles. The lowest BCUT2D eigenvalue weighted by molar-refractivity contribution is 0.262. The van der Waals surface area contributed by atoms with E-state index in [2.05, 4.69) is 16.5 Å². The number of aryl methyl sites for hydroxylation is 1. The molecule has 0 amide bonds. The number of aromatic nitrogens is 2. The summed E-state index contributed by atoms with van der Waals surface area (Å²) in [6.07, 6.45) is 7.16. The van der Waals surface area contributed by atoms with Gasteiger partial charge in [0.05, 0.1) is 6.33 Å². The topological polar surface area (TPSA) is 43.8 Å². The molecule has 1 fully saturated rings. The van der Waals surface area contributed by atoms with Gasteiger partial charge in [-0.05, 0) is 19.3 Å². The van der Waals surface area contributed by atoms with E-state index in [4.69, 9.17) is 5.73 Å². The summed E-state index contributed by atoms with van der Waals surface area (Å²) in [6, 6.07) is 1.04. The van der Waals surface area contributed by atoms with Gasteiger partial charge in [0.2, 0.25) is 0 Å². The van der Waals surface area contributed by atoms with E-state index in [1.54, 1.807) is 0 Å². The van der Waals surface area contributed by atoms with Crippen LogP contribution in [0.15, 0.2) is 12.5 Å². The standard InChI is InChI=1S/C9H15N3/c1-2-8-5-11-6-12(8)9-3-7(10)4-9/h5-7,9H,2-4,10H2,1H3. The van der Waals surface area contributed by atoms with Crippen LogP contribution in [-0.4, -0.2) is 15.6 Å². The largest absolute Gasteiger partial charge is 0.331 e. The van der Waals surface area contributed by atoms with Gasteiger partial charge < -0.3 is 10.3 Å². The first kappa shape index (κ1) is 7.80. The minimum atomic E-state index is 0.419. The van der Waals surface area contributed by atoms with Crippen molar-refractivity contribution in [2.75, 3.05) is 0 Å². The van der Waals surface area contributed by atoms with E-state index in [1.165, 1.54) is 5.69 Å². The Morgan fingerprint density at radius 2 is 2.42 bits per heavy atom. The molecule has 2 rings (SSSR count). The third-order valence-electron chi connectivity index (χ3n) is 2.65. The van der Waals surface area contributed by atoms with Gasteiger partial charge in [-0.1, -0.05) is 6.92 Å². The molecule has 3 nitrogen and oxygen atoms in total. The van der Waals surface area contributed by atoms with Crippen molar-refractivity contribution in [3.8, 4) is 0 Å². The second-order valence-corrected chi connectivity index (χ2v) is 3.53. The summed E-state index contributed by atoms with van der Waals surface area (Å²) in [5, 5.41) is 0. The lowest BCUT2D eigenvalue weighted by Crippen LogP contribution is -2.37. The SMILES string of the molecule is CCc1cncn1C1CC(N)C1. The Balaban J connectivity index is 2.12. The van der Waals surface area contributed by atoms with Gasteiger partial charge in [-0.25, -0.2) is 4.98 Å². The highest BCUT2D eigenvalue weighted by Gasteiger charge is 2.27. The third kappa shape index (κ3) is 1.14. The molecular formula is C9H15N3. The van der Waals surface area contributed by atoms with Crippen LogP contribution in [0.25, 0.3) is 0 Å². The van der Waals surface area contributed by atoms with Crippen molar-refractivity contribution in [1.82, 2.24) is 9.55 Å². The predicted molar refractivity (Wildman–Crippen MR) is 47.9 cm³/mol. The summed E-state index contributed by atoms with van der Waals surface area (Å²) in [5.41, 5.74) is 7.06. The number of rotatable bonds is 2. The smallest absolute Gasteiger partial charge is 0.0950 e. The summed E-state index contributed by atoms with van der Waals surface area (Å²) in [4.78, 5) is 4.14. The van der Waals surface area contributed by atoms with Gasteiger partial charge in [-0.15, -0.1) is 0 Å². The molecule has 0 saturated heterocycles. The Kier molecular flexibility index (Phi) is 1.89. The van der Waals surface area contributed by atoms with Gasteiger partial charge in [0.25, 0.3) is 0 Å². The summed E-state index contributed by atoms with van der Waals surface area (Å²) in [7, 11) is 0. The molecule has 0 spiro atoms. The van der Waals surface area contributed by atoms with Gasteiger partial charge in [-0.2, -0.15) is 0 Å². The van der Waals surface area contributed by atoms with Gasteiger partial charge in [0.1, 0.15) is 0 Å². The minimum absolute atomic E-state index is 0.419. The number of nitrogens with zero attached hydrogens (tertiary/aromatic N) is 2. The normalized spacial score (nSPS) is 28.5. The molecule has 1 aromatic rings. The molecule has 0 atom stereocenters. The number of imidazole rings is 1. The maximum Gasteiger partial charge on any atom is 0.0950 e. The second-order valence-electron chi connectivity index (χ2n) is 3.53. The van der Waals surface area contributed by atoms with Crippen LogP contribution in [0, 0.1) is 0 Å². The molecule has 0 unspecified atom stereocenters. The molecule has 1 aliphatic rings. The van der Waals surface area contributed by atoms with Crippen LogP contribution in [0.5, 0.6) is 0 Å². The van der Waals surface area contributed by atoms with Crippen LogP contribution < -0.4 is 5.73 Å². The van der Waals surface area contributed by atoms with Crippen LogP contribution >= 0.6 is 0 Å². The zero-order valence-electron chi connectivity index (χ0n) is 7.40. The number of hydrogen-bond donors (Lipinski definition) is 1. The Morgan fingerprint density at radius 3 is 3.00 bits per heavy atom. The molecule has 3 heteroatoms. The number of hydrogen-bond acceptors (Lipinski definition) is 2. The van der Waals surface area contributed by atoms with Gasteiger partial charge in [0, 0.05) is 24.0 Å². The van der Waals surface area contributed by atoms with Crippen molar-refractivity contribution in [3.63, 3.8) is 0 Å². The molecule has 0 aromatic carbocycles. The monoisotopic (exact) mass is 165 g/mol. The maximum absolute atomic E-state index is 5.73. The molecule has 1 aliphatic carbocycles. The highest BCUT2D eigenvalue weighted by Crippen LogP contribution is 2.31. The lowest BCUT2D eigenvalue weighted by atomic mass is 9.87. The lowest BCUT2D eigenvalue weighted by Gasteiger charge is -2.34. The van der Waals surface area contributed by atoms with Crippen molar-refractivity contribution in [2.45, 2.75) is 38.3 Å². The van der Waals surface area contributed by atoms with Crippen LogP contribution in [0.1, 0.15) is 31.5 Å². The van der Waals surface area contributed by atoms with E-state index < -0.39 is 0 Å². The Bertz CT molecular complexity index is 260. The highest BCUT2D eigenvalue weighted by molar-refractivity contribution is 5.03. The summed E-state index contributed by atoms with van der Waals surface area (Å²) < 4.78 is 2.27. The van der Waals surface area contributed by atoms with Crippen molar-refractivity contribution >= 4 is 0 Å². The maximum atomic E-state index is 5.73. The fourth-order valence-electron chi connectivity index (χ4n) is 1.79. The summed E-state index contributed by atoms with van der Waals surface area (Å²) in [5.74, 6) is 0. The molecule has 0 radical (unpaired) electrons. The Labute approximate surface area is 72.6 Å². The fraction of sp³-hybridized carbons (Fsp3) is 0.667. The molecule has 1 aromatic heterocycles. The first-order valence-corrected chi connectivity index (χ1v) is 4.57. The van der Waals surface area contributed by atoms with Crippen LogP contribution in [-0.2, 0) is 6.42 Å².